The van der Waals surface area contributed by atoms with Gasteiger partial charge in [-0.25, -0.2) is 0 Å². The summed E-state index contributed by atoms with van der Waals surface area (Å²) in [6.07, 6.45) is 0. The monoisotopic (exact) mass is 311 g/mol. The lowest BCUT2D eigenvalue weighted by atomic mass is 10.2. The van der Waals surface area contributed by atoms with Crippen molar-refractivity contribution in [1.82, 2.24) is 10.2 Å². The van der Waals surface area contributed by atoms with E-state index < -0.39 is 0 Å². The minimum atomic E-state index is 0.229. The first-order chi connectivity index (χ1) is 11.3. The largest absolute Gasteiger partial charge is 0.497 e. The average molecular weight is 311 g/mol. The third-order valence-electron chi connectivity index (χ3n) is 3.39. The van der Waals surface area contributed by atoms with Gasteiger partial charge in [-0.1, -0.05) is 5.10 Å². The smallest absolute Gasteiger partial charge is 0.320 e. The standard InChI is InChI=1S/C16H13N3O4/c1-20-12-5-3-11(4-6-12)17-16-19-18-15(23-16)10-2-7-13-14(8-10)22-9-21-13/h2-8H,9H2,1H3,(H,17,19). The predicted molar refractivity (Wildman–Crippen MR) is 82.1 cm³/mol. The van der Waals surface area contributed by atoms with Crippen LogP contribution in [0.2, 0.25) is 0 Å². The molecule has 7 nitrogen and oxygen atoms in total. The zero-order chi connectivity index (χ0) is 15.6. The van der Waals surface area contributed by atoms with E-state index in [9.17, 15) is 0 Å². The number of nitrogens with one attached hydrogen (secondary N) is 1. The van der Waals surface area contributed by atoms with Gasteiger partial charge in [-0.3, -0.25) is 0 Å². The number of aromatic nitrogens is 2. The van der Waals surface area contributed by atoms with Crippen molar-refractivity contribution in [2.75, 3.05) is 19.2 Å². The molecule has 4 rings (SSSR count). The van der Waals surface area contributed by atoms with Gasteiger partial charge in [-0.15, -0.1) is 5.10 Å². The molecule has 7 heteroatoms. The summed E-state index contributed by atoms with van der Waals surface area (Å²) in [5, 5.41) is 11.1. The van der Waals surface area contributed by atoms with E-state index in [-0.39, 0.29) is 6.79 Å². The maximum atomic E-state index is 5.63. The van der Waals surface area contributed by atoms with Crippen LogP contribution in [0.4, 0.5) is 11.7 Å². The van der Waals surface area contributed by atoms with Crippen LogP contribution in [0.1, 0.15) is 0 Å². The zero-order valence-corrected chi connectivity index (χ0v) is 12.3. The molecular weight excluding hydrogens is 298 g/mol. The molecule has 2 heterocycles. The predicted octanol–water partition coefficient (Wildman–Crippen LogP) is 3.22. The first-order valence-electron chi connectivity index (χ1n) is 6.96. The van der Waals surface area contributed by atoms with E-state index in [1.165, 1.54) is 0 Å². The molecule has 1 aromatic heterocycles. The second-order valence-electron chi connectivity index (χ2n) is 4.83. The van der Waals surface area contributed by atoms with Gasteiger partial charge >= 0.3 is 6.01 Å². The van der Waals surface area contributed by atoms with Crippen LogP contribution in [-0.4, -0.2) is 24.1 Å². The first kappa shape index (κ1) is 13.4. The van der Waals surface area contributed by atoms with Crippen LogP contribution in [0.5, 0.6) is 17.2 Å². The minimum absolute atomic E-state index is 0.229. The summed E-state index contributed by atoms with van der Waals surface area (Å²) in [5.41, 5.74) is 1.59. The molecule has 2 aromatic carbocycles. The molecule has 0 atom stereocenters. The van der Waals surface area contributed by atoms with Gasteiger partial charge in [0.25, 0.3) is 0 Å². The van der Waals surface area contributed by atoms with E-state index in [0.717, 1.165) is 17.0 Å². The number of methoxy groups -OCH3 is 1. The molecule has 0 amide bonds. The summed E-state index contributed by atoms with van der Waals surface area (Å²) in [6, 6.07) is 13.2. The minimum Gasteiger partial charge on any atom is -0.497 e. The third kappa shape index (κ3) is 2.64. The van der Waals surface area contributed by atoms with Gasteiger partial charge in [0.05, 0.1) is 7.11 Å². The molecule has 1 aliphatic rings. The van der Waals surface area contributed by atoms with Crippen LogP contribution in [0.3, 0.4) is 0 Å². The van der Waals surface area contributed by atoms with Gasteiger partial charge in [0.2, 0.25) is 12.7 Å². The normalized spacial score (nSPS) is 12.2. The Morgan fingerprint density at radius 3 is 2.65 bits per heavy atom. The highest BCUT2D eigenvalue weighted by molar-refractivity contribution is 5.61. The van der Waals surface area contributed by atoms with Crippen molar-refractivity contribution < 1.29 is 18.6 Å². The highest BCUT2D eigenvalue weighted by Crippen LogP contribution is 2.35. The topological polar surface area (TPSA) is 78.6 Å². The fourth-order valence-electron chi connectivity index (χ4n) is 2.22. The Morgan fingerprint density at radius 2 is 1.83 bits per heavy atom. The number of ether oxygens (including phenoxy) is 3. The molecule has 0 fully saturated rings. The molecule has 0 saturated heterocycles. The molecular formula is C16H13N3O4. The summed E-state index contributed by atoms with van der Waals surface area (Å²) in [4.78, 5) is 0. The van der Waals surface area contributed by atoms with Crippen LogP contribution < -0.4 is 19.5 Å². The fourth-order valence-corrected chi connectivity index (χ4v) is 2.22. The molecule has 1 N–H and O–H groups in total. The Morgan fingerprint density at radius 1 is 1.00 bits per heavy atom. The first-order valence-corrected chi connectivity index (χ1v) is 6.96. The molecule has 0 unspecified atom stereocenters. The number of anilines is 2. The van der Waals surface area contributed by atoms with E-state index in [0.29, 0.717) is 23.4 Å². The summed E-state index contributed by atoms with van der Waals surface area (Å²) in [6.45, 7) is 0.229. The van der Waals surface area contributed by atoms with Gasteiger partial charge in [0, 0.05) is 11.3 Å². The van der Waals surface area contributed by atoms with Crippen molar-refractivity contribution in [1.29, 1.82) is 0 Å². The lowest BCUT2D eigenvalue weighted by molar-refractivity contribution is 0.174. The van der Waals surface area contributed by atoms with E-state index >= 15 is 0 Å². The van der Waals surface area contributed by atoms with Crippen molar-refractivity contribution in [2.45, 2.75) is 0 Å². The third-order valence-corrected chi connectivity index (χ3v) is 3.39. The second-order valence-corrected chi connectivity index (χ2v) is 4.83. The van der Waals surface area contributed by atoms with Crippen molar-refractivity contribution in [3.05, 3.63) is 42.5 Å². The fraction of sp³-hybridized carbons (Fsp3) is 0.125. The number of hydrogen-bond donors (Lipinski definition) is 1. The Labute approximate surface area is 131 Å². The van der Waals surface area contributed by atoms with Gasteiger partial charge < -0.3 is 23.9 Å². The Bertz CT molecular complexity index is 830. The summed E-state index contributed by atoms with van der Waals surface area (Å²) < 4.78 is 21.4. The Balaban J connectivity index is 1.54. The van der Waals surface area contributed by atoms with Crippen LogP contribution in [0, 0.1) is 0 Å². The molecule has 116 valence electrons. The van der Waals surface area contributed by atoms with Crippen LogP contribution in [0.25, 0.3) is 11.5 Å². The Hall–Kier alpha value is -3.22. The summed E-state index contributed by atoms with van der Waals surface area (Å²) >= 11 is 0. The van der Waals surface area contributed by atoms with Gasteiger partial charge in [-0.05, 0) is 42.5 Å². The number of fused-ring (bicyclic) bond motifs is 1. The van der Waals surface area contributed by atoms with Crippen molar-refractivity contribution >= 4 is 11.7 Å². The Kier molecular flexibility index (Phi) is 3.23. The number of nitrogens with zero attached hydrogens (tertiary/aromatic N) is 2. The lowest BCUT2D eigenvalue weighted by Crippen LogP contribution is -1.92. The van der Waals surface area contributed by atoms with E-state index in [1.54, 1.807) is 7.11 Å². The number of hydrogen-bond acceptors (Lipinski definition) is 7. The molecule has 0 bridgehead atoms. The average Bonchev–Trinajstić information content (AvgIpc) is 3.23. The molecule has 0 saturated carbocycles. The molecule has 23 heavy (non-hydrogen) atoms. The number of benzene rings is 2. The van der Waals surface area contributed by atoms with E-state index in [2.05, 4.69) is 15.5 Å². The molecule has 3 aromatic rings. The van der Waals surface area contributed by atoms with Crippen LogP contribution >= 0.6 is 0 Å². The maximum Gasteiger partial charge on any atom is 0.320 e. The van der Waals surface area contributed by atoms with E-state index in [4.69, 9.17) is 18.6 Å². The second kappa shape index (κ2) is 5.53. The SMILES string of the molecule is COc1ccc(Nc2nnc(-c3ccc4c(c3)OCO4)o2)cc1. The quantitative estimate of drug-likeness (QED) is 0.792. The van der Waals surface area contributed by atoms with Crippen molar-refractivity contribution in [3.63, 3.8) is 0 Å². The van der Waals surface area contributed by atoms with Crippen LogP contribution in [0.15, 0.2) is 46.9 Å². The highest BCUT2D eigenvalue weighted by Gasteiger charge is 2.16. The molecule has 0 radical (unpaired) electrons. The molecule has 0 spiro atoms. The van der Waals surface area contributed by atoms with Crippen LogP contribution in [-0.2, 0) is 0 Å². The highest BCUT2D eigenvalue weighted by atomic mass is 16.7. The summed E-state index contributed by atoms with van der Waals surface area (Å²) in [7, 11) is 1.62. The van der Waals surface area contributed by atoms with E-state index in [1.807, 2.05) is 42.5 Å². The van der Waals surface area contributed by atoms with Gasteiger partial charge in [0.15, 0.2) is 11.5 Å². The molecule has 0 aliphatic carbocycles. The summed E-state index contributed by atoms with van der Waals surface area (Å²) in [5.74, 6) is 2.57. The maximum absolute atomic E-state index is 5.63. The van der Waals surface area contributed by atoms with Crippen molar-refractivity contribution in [3.8, 4) is 28.7 Å². The number of rotatable bonds is 4. The zero-order valence-electron chi connectivity index (χ0n) is 12.3. The van der Waals surface area contributed by atoms with Gasteiger partial charge in [-0.2, -0.15) is 0 Å². The molecule has 1 aliphatic heterocycles. The lowest BCUT2D eigenvalue weighted by Gasteiger charge is -2.03. The van der Waals surface area contributed by atoms with Gasteiger partial charge in [0.1, 0.15) is 5.75 Å². The van der Waals surface area contributed by atoms with Crippen molar-refractivity contribution in [2.24, 2.45) is 0 Å².